The number of nitrogens with zero attached hydrogens (tertiary/aromatic N) is 1. The van der Waals surface area contributed by atoms with Gasteiger partial charge in [0.2, 0.25) is 0 Å². The zero-order chi connectivity index (χ0) is 15.1. The van der Waals surface area contributed by atoms with E-state index in [9.17, 15) is 9.59 Å². The van der Waals surface area contributed by atoms with E-state index in [2.05, 4.69) is 26.6 Å². The molecule has 6 nitrogen and oxygen atoms in total. The zero-order valence-electron chi connectivity index (χ0n) is 10.8. The molecular weight excluding hydrogens is 326 g/mol. The summed E-state index contributed by atoms with van der Waals surface area (Å²) in [6, 6.07) is 5.15. The molecule has 0 saturated heterocycles. The first-order valence-electron chi connectivity index (χ1n) is 5.98. The summed E-state index contributed by atoms with van der Waals surface area (Å²) in [5.41, 5.74) is 0.916. The smallest absolute Gasteiger partial charge is 0.326 e. The molecule has 0 heterocycles. The predicted octanol–water partition coefficient (Wildman–Crippen LogP) is 2.70. The van der Waals surface area contributed by atoms with Crippen LogP contribution < -0.4 is 10.6 Å². The monoisotopic (exact) mass is 339 g/mol. The number of halogens is 1. The summed E-state index contributed by atoms with van der Waals surface area (Å²) >= 11 is 3.23. The summed E-state index contributed by atoms with van der Waals surface area (Å²) in [4.78, 5) is 22.7. The van der Waals surface area contributed by atoms with Gasteiger partial charge >= 0.3 is 12.0 Å². The first kappa shape index (κ1) is 16.0. The van der Waals surface area contributed by atoms with Gasteiger partial charge in [0.15, 0.2) is 0 Å². The van der Waals surface area contributed by atoms with Crippen LogP contribution in [0.1, 0.15) is 25.3 Å². The molecule has 1 atom stereocenters. The lowest BCUT2D eigenvalue weighted by molar-refractivity contribution is -0.139. The molecule has 3 N–H and O–H groups in total. The van der Waals surface area contributed by atoms with Crippen LogP contribution >= 0.6 is 15.9 Å². The molecule has 20 heavy (non-hydrogen) atoms. The molecule has 0 radical (unpaired) electrons. The van der Waals surface area contributed by atoms with Crippen LogP contribution in [0.15, 0.2) is 22.7 Å². The molecule has 0 unspecified atom stereocenters. The van der Waals surface area contributed by atoms with Gasteiger partial charge in [-0.05, 0) is 40.5 Å². The third-order valence-corrected chi connectivity index (χ3v) is 3.18. The molecule has 0 aliphatic rings. The van der Waals surface area contributed by atoms with Crippen LogP contribution in [-0.2, 0) is 4.79 Å². The molecule has 1 aromatic rings. The minimum Gasteiger partial charge on any atom is -0.480 e. The molecule has 0 spiro atoms. The van der Waals surface area contributed by atoms with Crippen molar-refractivity contribution in [2.45, 2.75) is 25.8 Å². The number of carboxylic acids is 1. The highest BCUT2D eigenvalue weighted by molar-refractivity contribution is 9.10. The zero-order valence-corrected chi connectivity index (χ0v) is 12.4. The van der Waals surface area contributed by atoms with Crippen molar-refractivity contribution in [1.29, 1.82) is 5.26 Å². The van der Waals surface area contributed by atoms with E-state index in [-0.39, 0.29) is 0 Å². The average molecular weight is 340 g/mol. The lowest BCUT2D eigenvalue weighted by Crippen LogP contribution is -2.42. The quantitative estimate of drug-likeness (QED) is 0.767. The third kappa shape index (κ3) is 4.55. The van der Waals surface area contributed by atoms with Crippen LogP contribution in [0.5, 0.6) is 0 Å². The van der Waals surface area contributed by atoms with Crippen LogP contribution in [0.3, 0.4) is 0 Å². The normalized spacial score (nSPS) is 11.2. The van der Waals surface area contributed by atoms with Crippen LogP contribution in [0.2, 0.25) is 0 Å². The van der Waals surface area contributed by atoms with Crippen LogP contribution in [-0.4, -0.2) is 23.1 Å². The molecule has 106 valence electrons. The minimum absolute atomic E-state index is 0.358. The van der Waals surface area contributed by atoms with E-state index in [0.29, 0.717) is 28.6 Å². The second-order valence-corrected chi connectivity index (χ2v) is 4.94. The summed E-state index contributed by atoms with van der Waals surface area (Å²) < 4.78 is 0.550. The number of carbonyl (C=O) groups is 2. The number of hydrogen-bond acceptors (Lipinski definition) is 3. The number of nitrogens with one attached hydrogen (secondary N) is 2. The number of carboxylic acid groups (broad SMARTS) is 1. The number of nitriles is 1. The van der Waals surface area contributed by atoms with Crippen molar-refractivity contribution in [3.05, 3.63) is 28.2 Å². The fourth-order valence-electron chi connectivity index (χ4n) is 1.55. The number of urea groups is 1. The van der Waals surface area contributed by atoms with E-state index in [1.54, 1.807) is 18.2 Å². The molecule has 7 heteroatoms. The van der Waals surface area contributed by atoms with Gasteiger partial charge in [0, 0.05) is 4.47 Å². The lowest BCUT2D eigenvalue weighted by atomic mass is 10.2. The number of carbonyl (C=O) groups excluding carboxylic acids is 1. The van der Waals surface area contributed by atoms with Gasteiger partial charge in [0.05, 0.1) is 17.3 Å². The van der Waals surface area contributed by atoms with Gasteiger partial charge in [-0.25, -0.2) is 9.59 Å². The van der Waals surface area contributed by atoms with E-state index in [4.69, 9.17) is 10.4 Å². The number of rotatable bonds is 5. The van der Waals surface area contributed by atoms with Crippen molar-refractivity contribution in [2.75, 3.05) is 5.32 Å². The molecular formula is C13H14BrN3O3. The van der Waals surface area contributed by atoms with Crippen molar-refractivity contribution in [2.24, 2.45) is 0 Å². The molecule has 0 bridgehead atoms. The Hall–Kier alpha value is -2.07. The summed E-state index contributed by atoms with van der Waals surface area (Å²) in [7, 11) is 0. The molecule has 0 aliphatic carbocycles. The maximum atomic E-state index is 11.7. The highest BCUT2D eigenvalue weighted by Crippen LogP contribution is 2.23. The Labute approximate surface area is 124 Å². The molecule has 0 saturated carbocycles. The molecule has 0 aliphatic heterocycles. The number of aliphatic carboxylic acids is 1. The van der Waals surface area contributed by atoms with Crippen molar-refractivity contribution in [3.63, 3.8) is 0 Å². The van der Waals surface area contributed by atoms with Gasteiger partial charge in [-0.15, -0.1) is 0 Å². The summed E-state index contributed by atoms with van der Waals surface area (Å²) in [5.74, 6) is -1.07. The fourth-order valence-corrected chi connectivity index (χ4v) is 2.03. The van der Waals surface area contributed by atoms with Crippen molar-refractivity contribution in [1.82, 2.24) is 5.32 Å². The highest BCUT2D eigenvalue weighted by atomic mass is 79.9. The van der Waals surface area contributed by atoms with Gasteiger partial charge < -0.3 is 15.7 Å². The average Bonchev–Trinajstić information content (AvgIpc) is 2.40. The number of benzene rings is 1. The Morgan fingerprint density at radius 2 is 2.20 bits per heavy atom. The molecule has 1 aromatic carbocycles. The van der Waals surface area contributed by atoms with E-state index >= 15 is 0 Å². The first-order valence-corrected chi connectivity index (χ1v) is 6.77. The molecule has 0 aromatic heterocycles. The lowest BCUT2D eigenvalue weighted by Gasteiger charge is -2.15. The van der Waals surface area contributed by atoms with Gasteiger partial charge in [0.25, 0.3) is 0 Å². The summed E-state index contributed by atoms with van der Waals surface area (Å²) in [6.45, 7) is 1.84. The van der Waals surface area contributed by atoms with Gasteiger partial charge in [-0.2, -0.15) is 5.26 Å². The standard InChI is InChI=1S/C13H14BrN3O3/c1-2-3-11(12(18)19)17-13(20)16-10-5-4-8(7-15)6-9(10)14/h4-6,11H,2-3H2,1H3,(H,18,19)(H2,16,17,20)/t11-/m1/s1. The predicted molar refractivity (Wildman–Crippen MR) is 77.3 cm³/mol. The maximum Gasteiger partial charge on any atom is 0.326 e. The van der Waals surface area contributed by atoms with Crippen molar-refractivity contribution in [3.8, 4) is 6.07 Å². The first-order chi connectivity index (χ1) is 9.47. The van der Waals surface area contributed by atoms with Gasteiger partial charge in [0.1, 0.15) is 6.04 Å². The third-order valence-electron chi connectivity index (χ3n) is 2.53. The van der Waals surface area contributed by atoms with Gasteiger partial charge in [-0.1, -0.05) is 13.3 Å². The Balaban J connectivity index is 2.71. The number of amides is 2. The van der Waals surface area contributed by atoms with Crippen LogP contribution in [0.25, 0.3) is 0 Å². The number of anilines is 1. The second kappa shape index (κ2) is 7.50. The van der Waals surface area contributed by atoms with E-state index in [1.165, 1.54) is 0 Å². The van der Waals surface area contributed by atoms with Crippen LogP contribution in [0.4, 0.5) is 10.5 Å². The molecule has 2 amide bonds. The van der Waals surface area contributed by atoms with E-state index in [1.807, 2.05) is 13.0 Å². The van der Waals surface area contributed by atoms with E-state index < -0.39 is 18.0 Å². The number of hydrogen-bond donors (Lipinski definition) is 3. The fraction of sp³-hybridized carbons (Fsp3) is 0.308. The highest BCUT2D eigenvalue weighted by Gasteiger charge is 2.19. The maximum absolute atomic E-state index is 11.7. The second-order valence-electron chi connectivity index (χ2n) is 4.08. The Morgan fingerprint density at radius 3 is 2.70 bits per heavy atom. The summed E-state index contributed by atoms with van der Waals surface area (Å²) in [5, 5.41) is 22.6. The SMILES string of the molecule is CCC[C@@H](NC(=O)Nc1ccc(C#N)cc1Br)C(=O)O. The minimum atomic E-state index is -1.07. The largest absolute Gasteiger partial charge is 0.480 e. The Kier molecular flexibility index (Phi) is 6.00. The van der Waals surface area contributed by atoms with E-state index in [0.717, 1.165) is 0 Å². The summed E-state index contributed by atoms with van der Waals surface area (Å²) in [6.07, 6.45) is 1.01. The van der Waals surface area contributed by atoms with Crippen molar-refractivity contribution < 1.29 is 14.7 Å². The topological polar surface area (TPSA) is 102 Å². The Bertz CT molecular complexity index is 554. The van der Waals surface area contributed by atoms with Crippen LogP contribution in [0, 0.1) is 11.3 Å². The molecule has 1 rings (SSSR count). The van der Waals surface area contributed by atoms with Gasteiger partial charge in [-0.3, -0.25) is 0 Å². The Morgan fingerprint density at radius 1 is 1.50 bits per heavy atom. The molecule has 0 fully saturated rings. The van der Waals surface area contributed by atoms with Crippen molar-refractivity contribution >= 4 is 33.6 Å².